The molecule has 3 rings (SSSR count). The average molecular weight is 437 g/mol. The fraction of sp³-hybridized carbons (Fsp3) is 0.357. The Morgan fingerprint density at radius 1 is 1.17 bits per heavy atom. The molecule has 23 heavy (non-hydrogen) atoms. The number of hydrogen-bond donors (Lipinski definition) is 0. The highest BCUT2D eigenvalue weighted by Crippen LogP contribution is 2.24. The quantitative estimate of drug-likeness (QED) is 0.691. The summed E-state index contributed by atoms with van der Waals surface area (Å²) in [7, 11) is -3.49. The number of halogens is 2. The molecule has 2 aromatic heterocycles. The van der Waals surface area contributed by atoms with Gasteiger partial charge in [-0.15, -0.1) is 11.3 Å². The summed E-state index contributed by atoms with van der Waals surface area (Å²) in [5.41, 5.74) is 0. The highest BCUT2D eigenvalue weighted by Gasteiger charge is 2.28. The van der Waals surface area contributed by atoms with E-state index in [1.54, 1.807) is 11.3 Å². The maximum absolute atomic E-state index is 12.6. The first-order valence-electron chi connectivity index (χ1n) is 7.03. The van der Waals surface area contributed by atoms with Gasteiger partial charge in [-0.1, -0.05) is 11.6 Å². The molecule has 0 aliphatic carbocycles. The van der Waals surface area contributed by atoms with Crippen LogP contribution >= 0.6 is 38.9 Å². The van der Waals surface area contributed by atoms with Crippen LogP contribution in [0.2, 0.25) is 5.15 Å². The van der Waals surface area contributed by atoms with E-state index >= 15 is 0 Å². The van der Waals surface area contributed by atoms with E-state index in [9.17, 15) is 8.42 Å². The second-order valence-electron chi connectivity index (χ2n) is 5.20. The van der Waals surface area contributed by atoms with Crippen molar-refractivity contribution in [1.29, 1.82) is 0 Å². The molecule has 0 aromatic carbocycles. The predicted octanol–water partition coefficient (Wildman–Crippen LogP) is 3.07. The van der Waals surface area contributed by atoms with E-state index in [0.29, 0.717) is 13.1 Å². The Bertz CT molecular complexity index is 772. The molecule has 0 bridgehead atoms. The van der Waals surface area contributed by atoms with Gasteiger partial charge in [0.15, 0.2) is 0 Å². The molecule has 1 saturated heterocycles. The minimum atomic E-state index is -3.49. The monoisotopic (exact) mass is 435 g/mol. The molecule has 1 aliphatic rings. The van der Waals surface area contributed by atoms with Crippen LogP contribution in [0, 0.1) is 0 Å². The van der Waals surface area contributed by atoms with E-state index in [0.717, 1.165) is 23.4 Å². The van der Waals surface area contributed by atoms with Gasteiger partial charge < -0.3 is 0 Å². The summed E-state index contributed by atoms with van der Waals surface area (Å²) in [4.78, 5) is 7.59. The molecule has 5 nitrogen and oxygen atoms in total. The van der Waals surface area contributed by atoms with Crippen LogP contribution < -0.4 is 0 Å². The Morgan fingerprint density at radius 3 is 2.48 bits per heavy atom. The lowest BCUT2D eigenvalue weighted by molar-refractivity contribution is 0.183. The molecule has 0 spiro atoms. The molecule has 1 aliphatic heterocycles. The molecular formula is C14H15BrClN3O2S2. The van der Waals surface area contributed by atoms with Gasteiger partial charge in [0.05, 0.1) is 3.79 Å². The van der Waals surface area contributed by atoms with Crippen LogP contribution in [0.3, 0.4) is 0 Å². The molecule has 0 amide bonds. The Morgan fingerprint density at radius 2 is 1.91 bits per heavy atom. The summed E-state index contributed by atoms with van der Waals surface area (Å²) < 4.78 is 27.8. The lowest BCUT2D eigenvalue weighted by Crippen LogP contribution is -2.48. The second kappa shape index (κ2) is 7.16. The van der Waals surface area contributed by atoms with Crippen molar-refractivity contribution in [2.45, 2.75) is 11.4 Å². The first kappa shape index (κ1) is 17.3. The van der Waals surface area contributed by atoms with Gasteiger partial charge in [-0.2, -0.15) is 4.31 Å². The fourth-order valence-electron chi connectivity index (χ4n) is 2.45. The van der Waals surface area contributed by atoms with Crippen LogP contribution in [0.4, 0.5) is 0 Å². The summed E-state index contributed by atoms with van der Waals surface area (Å²) >= 11 is 10.9. The molecule has 0 saturated carbocycles. The van der Waals surface area contributed by atoms with E-state index in [1.165, 1.54) is 27.5 Å². The van der Waals surface area contributed by atoms with Crippen LogP contribution in [-0.4, -0.2) is 48.8 Å². The normalized spacial score (nSPS) is 17.5. The third kappa shape index (κ3) is 4.12. The van der Waals surface area contributed by atoms with Crippen molar-refractivity contribution < 1.29 is 8.42 Å². The first-order chi connectivity index (χ1) is 10.9. The number of sulfonamides is 1. The van der Waals surface area contributed by atoms with E-state index in [-0.39, 0.29) is 10.0 Å². The van der Waals surface area contributed by atoms with Gasteiger partial charge in [0.1, 0.15) is 10.0 Å². The van der Waals surface area contributed by atoms with E-state index in [1.807, 2.05) is 6.07 Å². The van der Waals surface area contributed by atoms with Crippen molar-refractivity contribution in [3.8, 4) is 0 Å². The van der Waals surface area contributed by atoms with Gasteiger partial charge in [-0.25, -0.2) is 13.4 Å². The number of hydrogen-bond acceptors (Lipinski definition) is 5. The van der Waals surface area contributed by atoms with Gasteiger partial charge >= 0.3 is 0 Å². The summed E-state index contributed by atoms with van der Waals surface area (Å²) in [6, 6.07) is 7.13. The second-order valence-corrected chi connectivity index (χ2v) is 10.1. The maximum Gasteiger partial charge on any atom is 0.244 e. The third-order valence-electron chi connectivity index (χ3n) is 3.68. The van der Waals surface area contributed by atoms with E-state index < -0.39 is 10.0 Å². The van der Waals surface area contributed by atoms with Crippen molar-refractivity contribution in [3.63, 3.8) is 0 Å². The highest BCUT2D eigenvalue weighted by atomic mass is 79.9. The van der Waals surface area contributed by atoms with Crippen LogP contribution in [-0.2, 0) is 16.6 Å². The minimum Gasteiger partial charge on any atom is -0.296 e. The molecule has 0 unspecified atom stereocenters. The standard InChI is InChI=1S/C14H15BrClN3O2S2/c15-13-3-1-11(22-13)10-18-5-7-19(8-6-18)23(20,21)12-2-4-14(16)17-9-12/h1-4,9H,5-8,10H2. The van der Waals surface area contributed by atoms with Crippen molar-refractivity contribution >= 4 is 48.9 Å². The third-order valence-corrected chi connectivity index (χ3v) is 7.39. The Balaban J connectivity index is 1.62. The zero-order valence-corrected chi connectivity index (χ0v) is 16.1. The van der Waals surface area contributed by atoms with Crippen LogP contribution in [0.25, 0.3) is 0 Å². The molecule has 0 radical (unpaired) electrons. The molecular weight excluding hydrogens is 422 g/mol. The van der Waals surface area contributed by atoms with Crippen molar-refractivity contribution in [3.05, 3.63) is 44.3 Å². The summed E-state index contributed by atoms with van der Waals surface area (Å²) in [6.07, 6.45) is 1.31. The SMILES string of the molecule is O=S(=O)(c1ccc(Cl)nc1)N1CCN(Cc2ccc(Br)s2)CC1. The molecule has 0 atom stereocenters. The number of pyridine rings is 1. The average Bonchev–Trinajstić information content (AvgIpc) is 2.93. The van der Waals surface area contributed by atoms with E-state index in [2.05, 4.69) is 31.9 Å². The fourth-order valence-corrected chi connectivity index (χ4v) is 5.45. The Hall–Kier alpha value is -0.510. The number of thiophene rings is 1. The molecule has 9 heteroatoms. The summed E-state index contributed by atoms with van der Waals surface area (Å²) in [6.45, 7) is 3.26. The molecule has 2 aromatic rings. The zero-order valence-electron chi connectivity index (χ0n) is 12.2. The molecule has 124 valence electrons. The van der Waals surface area contributed by atoms with Crippen LogP contribution in [0.15, 0.2) is 39.1 Å². The van der Waals surface area contributed by atoms with Crippen molar-refractivity contribution in [1.82, 2.24) is 14.2 Å². The smallest absolute Gasteiger partial charge is 0.244 e. The molecule has 3 heterocycles. The number of rotatable bonds is 4. The van der Waals surface area contributed by atoms with Gasteiger partial charge in [0.25, 0.3) is 0 Å². The molecule has 1 fully saturated rings. The summed E-state index contributed by atoms with van der Waals surface area (Å²) in [5.74, 6) is 0. The minimum absolute atomic E-state index is 0.192. The number of nitrogens with zero attached hydrogens (tertiary/aromatic N) is 3. The largest absolute Gasteiger partial charge is 0.296 e. The lowest BCUT2D eigenvalue weighted by atomic mass is 10.3. The highest BCUT2D eigenvalue weighted by molar-refractivity contribution is 9.11. The number of aromatic nitrogens is 1. The van der Waals surface area contributed by atoms with Gasteiger partial charge in [0, 0.05) is 43.8 Å². The van der Waals surface area contributed by atoms with Crippen molar-refractivity contribution in [2.75, 3.05) is 26.2 Å². The first-order valence-corrected chi connectivity index (χ1v) is 10.5. The maximum atomic E-state index is 12.6. The zero-order chi connectivity index (χ0) is 16.4. The predicted molar refractivity (Wildman–Crippen MR) is 95.3 cm³/mol. The Labute approximate surface area is 153 Å². The van der Waals surface area contributed by atoms with Gasteiger partial charge in [-0.3, -0.25) is 4.90 Å². The topological polar surface area (TPSA) is 53.5 Å². The van der Waals surface area contributed by atoms with Crippen LogP contribution in [0.5, 0.6) is 0 Å². The molecule has 0 N–H and O–H groups in total. The summed E-state index contributed by atoms with van der Waals surface area (Å²) in [5, 5.41) is 0.288. The van der Waals surface area contributed by atoms with Crippen molar-refractivity contribution in [2.24, 2.45) is 0 Å². The lowest BCUT2D eigenvalue weighted by Gasteiger charge is -2.33. The number of piperazine rings is 1. The van der Waals surface area contributed by atoms with Gasteiger partial charge in [0.2, 0.25) is 10.0 Å². The van der Waals surface area contributed by atoms with Crippen LogP contribution in [0.1, 0.15) is 4.88 Å². The van der Waals surface area contributed by atoms with E-state index in [4.69, 9.17) is 11.6 Å². The Kier molecular flexibility index (Phi) is 5.39. The van der Waals surface area contributed by atoms with Gasteiger partial charge in [-0.05, 0) is 40.2 Å².